The molecule has 0 aromatic heterocycles. The number of rotatable bonds is 7. The molecule has 0 aliphatic heterocycles. The molecular formula is C22H26ClFN2O3. The number of amides is 2. The number of halogens is 2. The third-order valence-electron chi connectivity index (χ3n) is 4.80. The molecule has 0 heterocycles. The van der Waals surface area contributed by atoms with E-state index >= 15 is 0 Å². The maximum absolute atomic E-state index is 14.1. The summed E-state index contributed by atoms with van der Waals surface area (Å²) in [5, 5.41) is 5.98. The molecule has 29 heavy (non-hydrogen) atoms. The van der Waals surface area contributed by atoms with Crippen LogP contribution in [0.1, 0.15) is 37.8 Å². The second-order valence-electron chi connectivity index (χ2n) is 7.04. The molecule has 2 aromatic rings. The van der Waals surface area contributed by atoms with Crippen LogP contribution in [-0.4, -0.2) is 25.2 Å². The highest BCUT2D eigenvalue weighted by atomic mass is 35.5. The lowest BCUT2D eigenvalue weighted by Gasteiger charge is -2.30. The van der Waals surface area contributed by atoms with Crippen molar-refractivity contribution in [2.24, 2.45) is 5.92 Å². The van der Waals surface area contributed by atoms with Gasteiger partial charge in [-0.1, -0.05) is 50.6 Å². The number of hydrogen-bond acceptors (Lipinski definition) is 3. The highest BCUT2D eigenvalue weighted by molar-refractivity contribution is 6.30. The zero-order valence-electron chi connectivity index (χ0n) is 17.0. The highest BCUT2D eigenvalue weighted by Gasteiger charge is 2.34. The first-order valence-corrected chi connectivity index (χ1v) is 9.84. The molecule has 0 spiro atoms. The largest absolute Gasteiger partial charge is 0.453 e. The van der Waals surface area contributed by atoms with Gasteiger partial charge >= 0.3 is 6.09 Å². The van der Waals surface area contributed by atoms with Crippen molar-refractivity contribution in [2.45, 2.75) is 39.2 Å². The Bertz CT molecular complexity index is 856. The van der Waals surface area contributed by atoms with Crippen LogP contribution < -0.4 is 10.6 Å². The molecule has 156 valence electrons. The highest BCUT2D eigenvalue weighted by Crippen LogP contribution is 2.30. The van der Waals surface area contributed by atoms with Gasteiger partial charge in [0.1, 0.15) is 11.9 Å². The summed E-state index contributed by atoms with van der Waals surface area (Å²) < 4.78 is 18.8. The summed E-state index contributed by atoms with van der Waals surface area (Å²) in [4.78, 5) is 25.2. The summed E-state index contributed by atoms with van der Waals surface area (Å²) in [5.74, 6) is -1.20. The topological polar surface area (TPSA) is 67.4 Å². The number of methoxy groups -OCH3 is 1. The monoisotopic (exact) mass is 420 g/mol. The molecule has 2 rings (SSSR count). The van der Waals surface area contributed by atoms with Crippen molar-refractivity contribution in [1.29, 1.82) is 0 Å². The van der Waals surface area contributed by atoms with Gasteiger partial charge in [0.15, 0.2) is 0 Å². The van der Waals surface area contributed by atoms with E-state index in [9.17, 15) is 14.0 Å². The van der Waals surface area contributed by atoms with Gasteiger partial charge in [-0.25, -0.2) is 9.18 Å². The van der Waals surface area contributed by atoms with E-state index in [1.54, 1.807) is 18.2 Å². The van der Waals surface area contributed by atoms with Crippen molar-refractivity contribution in [3.05, 3.63) is 64.4 Å². The molecule has 2 aromatic carbocycles. The van der Waals surface area contributed by atoms with Crippen LogP contribution in [0.25, 0.3) is 0 Å². The lowest BCUT2D eigenvalue weighted by Crippen LogP contribution is -2.49. The van der Waals surface area contributed by atoms with Crippen LogP contribution in [-0.2, 0) is 16.0 Å². The standard InChI is InChI=1S/C22H26ClFN2O3/c1-5-16-17(24)7-6-8-18(16)25-21(27)20(26-22(28)29-4)19(13(2)3)14-9-11-15(23)12-10-14/h6-13,19-20H,5H2,1-4H3,(H,25,27)(H,26,28)/t19-,20+/m1/s1. The molecule has 0 bridgehead atoms. The van der Waals surface area contributed by atoms with Crippen molar-refractivity contribution in [1.82, 2.24) is 5.32 Å². The predicted molar refractivity (Wildman–Crippen MR) is 113 cm³/mol. The van der Waals surface area contributed by atoms with Gasteiger partial charge in [0.25, 0.3) is 0 Å². The third-order valence-corrected chi connectivity index (χ3v) is 5.06. The van der Waals surface area contributed by atoms with E-state index in [0.29, 0.717) is 22.7 Å². The first-order chi connectivity index (χ1) is 13.8. The molecule has 0 saturated carbocycles. The van der Waals surface area contributed by atoms with Crippen molar-refractivity contribution in [3.63, 3.8) is 0 Å². The number of alkyl carbamates (subject to hydrolysis) is 1. The van der Waals surface area contributed by atoms with Crippen LogP contribution in [0.4, 0.5) is 14.9 Å². The average molecular weight is 421 g/mol. The molecular weight excluding hydrogens is 395 g/mol. The van der Waals surface area contributed by atoms with E-state index in [0.717, 1.165) is 5.56 Å². The van der Waals surface area contributed by atoms with Gasteiger partial charge in [-0.05, 0) is 42.2 Å². The SMILES string of the molecule is CCc1c(F)cccc1NC(=O)[C@@H](NC(=O)OC)[C@@H](c1ccc(Cl)cc1)C(C)C. The van der Waals surface area contributed by atoms with Crippen molar-refractivity contribution in [2.75, 3.05) is 12.4 Å². The Balaban J connectivity index is 2.42. The fourth-order valence-electron chi connectivity index (χ4n) is 3.40. The number of carbonyl (C=O) groups is 2. The minimum Gasteiger partial charge on any atom is -0.453 e. The molecule has 2 amide bonds. The van der Waals surface area contributed by atoms with Crippen LogP contribution in [0.3, 0.4) is 0 Å². The quantitative estimate of drug-likeness (QED) is 0.651. The Morgan fingerprint density at radius 3 is 2.34 bits per heavy atom. The molecule has 2 atom stereocenters. The van der Waals surface area contributed by atoms with Crippen molar-refractivity contribution >= 4 is 29.3 Å². The summed E-state index contributed by atoms with van der Waals surface area (Å²) in [5.41, 5.74) is 1.63. The van der Waals surface area contributed by atoms with Gasteiger partial charge in [0.2, 0.25) is 5.91 Å². The number of anilines is 1. The minimum absolute atomic E-state index is 0.00207. The Kier molecular flexibility index (Phi) is 8.02. The van der Waals surface area contributed by atoms with Gasteiger partial charge in [0, 0.05) is 22.2 Å². The van der Waals surface area contributed by atoms with Crippen molar-refractivity contribution < 1.29 is 18.7 Å². The second-order valence-corrected chi connectivity index (χ2v) is 7.48. The fourth-order valence-corrected chi connectivity index (χ4v) is 3.52. The van der Waals surface area contributed by atoms with Gasteiger partial charge < -0.3 is 15.4 Å². The van der Waals surface area contributed by atoms with Crippen LogP contribution in [0, 0.1) is 11.7 Å². The zero-order chi connectivity index (χ0) is 21.6. The molecule has 0 saturated heterocycles. The summed E-state index contributed by atoms with van der Waals surface area (Å²) >= 11 is 6.00. The fraction of sp³-hybridized carbons (Fsp3) is 0.364. The number of carbonyl (C=O) groups excluding carboxylic acids is 2. The maximum atomic E-state index is 14.1. The van der Waals surface area contributed by atoms with E-state index in [2.05, 4.69) is 10.6 Å². The Hall–Kier alpha value is -2.60. The van der Waals surface area contributed by atoms with E-state index in [-0.39, 0.29) is 17.7 Å². The van der Waals surface area contributed by atoms with Crippen LogP contribution in [0.5, 0.6) is 0 Å². The molecule has 0 aliphatic rings. The number of hydrogen-bond donors (Lipinski definition) is 2. The third kappa shape index (κ3) is 5.70. The van der Waals surface area contributed by atoms with Gasteiger partial charge in [0.05, 0.1) is 7.11 Å². The first kappa shape index (κ1) is 22.7. The molecule has 2 N–H and O–H groups in total. The first-order valence-electron chi connectivity index (χ1n) is 9.46. The molecule has 0 fully saturated rings. The average Bonchev–Trinajstić information content (AvgIpc) is 2.68. The predicted octanol–water partition coefficient (Wildman–Crippen LogP) is 5.14. The number of nitrogens with one attached hydrogen (secondary N) is 2. The molecule has 0 unspecified atom stereocenters. The van der Waals surface area contributed by atoms with E-state index < -0.39 is 18.0 Å². The smallest absolute Gasteiger partial charge is 0.407 e. The van der Waals surface area contributed by atoms with Gasteiger partial charge in [-0.3, -0.25) is 4.79 Å². The van der Waals surface area contributed by atoms with E-state index in [4.69, 9.17) is 16.3 Å². The normalized spacial score (nSPS) is 12.9. The second kappa shape index (κ2) is 10.3. The van der Waals surface area contributed by atoms with Crippen LogP contribution in [0.15, 0.2) is 42.5 Å². The summed E-state index contributed by atoms with van der Waals surface area (Å²) in [7, 11) is 1.23. The Morgan fingerprint density at radius 1 is 1.14 bits per heavy atom. The zero-order valence-corrected chi connectivity index (χ0v) is 17.7. The summed E-state index contributed by atoms with van der Waals surface area (Å²) in [6.45, 7) is 5.72. The van der Waals surface area contributed by atoms with E-state index in [1.165, 1.54) is 19.2 Å². The number of benzene rings is 2. The Morgan fingerprint density at radius 2 is 1.79 bits per heavy atom. The Labute approximate surface area is 175 Å². The number of ether oxygens (including phenoxy) is 1. The van der Waals surface area contributed by atoms with Crippen LogP contribution >= 0.6 is 11.6 Å². The molecule has 7 heteroatoms. The molecule has 5 nitrogen and oxygen atoms in total. The van der Waals surface area contributed by atoms with Gasteiger partial charge in [-0.2, -0.15) is 0 Å². The summed E-state index contributed by atoms with van der Waals surface area (Å²) in [6, 6.07) is 10.7. The van der Waals surface area contributed by atoms with Crippen LogP contribution in [0.2, 0.25) is 5.02 Å². The van der Waals surface area contributed by atoms with Crippen molar-refractivity contribution in [3.8, 4) is 0 Å². The molecule has 0 radical (unpaired) electrons. The lowest BCUT2D eigenvalue weighted by atomic mass is 9.82. The summed E-state index contributed by atoms with van der Waals surface area (Å²) in [6.07, 6.45) is -0.304. The molecule has 0 aliphatic carbocycles. The maximum Gasteiger partial charge on any atom is 0.407 e. The van der Waals surface area contributed by atoms with Gasteiger partial charge in [-0.15, -0.1) is 0 Å². The van der Waals surface area contributed by atoms with E-state index in [1.807, 2.05) is 32.9 Å². The minimum atomic E-state index is -0.934. The lowest BCUT2D eigenvalue weighted by molar-refractivity contribution is -0.118.